The number of hydrogen-bond acceptors (Lipinski definition) is 3. The normalized spacial score (nSPS) is 12.8. The molecule has 1 aromatic rings. The van der Waals surface area contributed by atoms with Gasteiger partial charge < -0.3 is 15.8 Å². The third-order valence-electron chi connectivity index (χ3n) is 3.10. The van der Waals surface area contributed by atoms with Crippen LogP contribution in [0.1, 0.15) is 19.4 Å². The maximum Gasteiger partial charge on any atom is 0.165 e. The first kappa shape index (κ1) is 14.9. The average Bonchev–Trinajstić information content (AvgIpc) is 2.34. The van der Waals surface area contributed by atoms with Crippen molar-refractivity contribution >= 4 is 0 Å². The first-order valence-corrected chi connectivity index (χ1v) is 6.34. The zero-order valence-corrected chi connectivity index (χ0v) is 11.4. The number of nitrogens with two attached hydrogens (primary N) is 1. The third-order valence-corrected chi connectivity index (χ3v) is 3.10. The van der Waals surface area contributed by atoms with Crippen molar-refractivity contribution in [1.82, 2.24) is 5.32 Å². The second-order valence-electron chi connectivity index (χ2n) is 4.76. The Kier molecular flexibility index (Phi) is 6.09. The van der Waals surface area contributed by atoms with Crippen LogP contribution in [-0.2, 0) is 6.42 Å². The summed E-state index contributed by atoms with van der Waals surface area (Å²) in [6, 6.07) is 5.38. The molecule has 3 N–H and O–H groups in total. The summed E-state index contributed by atoms with van der Waals surface area (Å²) >= 11 is 0. The lowest BCUT2D eigenvalue weighted by molar-refractivity contribution is 0.385. The Balaban J connectivity index is 2.46. The van der Waals surface area contributed by atoms with Gasteiger partial charge in [-0.15, -0.1) is 0 Å². The van der Waals surface area contributed by atoms with Gasteiger partial charge in [0.05, 0.1) is 7.11 Å². The van der Waals surface area contributed by atoms with E-state index in [1.807, 2.05) is 6.07 Å². The second-order valence-corrected chi connectivity index (χ2v) is 4.76. The first-order chi connectivity index (χ1) is 8.58. The summed E-state index contributed by atoms with van der Waals surface area (Å²) in [4.78, 5) is 0. The molecule has 0 saturated carbocycles. The van der Waals surface area contributed by atoms with Gasteiger partial charge in [0, 0.05) is 12.6 Å². The van der Waals surface area contributed by atoms with Crippen molar-refractivity contribution in [3.8, 4) is 5.75 Å². The number of rotatable bonds is 7. The van der Waals surface area contributed by atoms with E-state index in [-0.39, 0.29) is 11.6 Å². The predicted octanol–water partition coefficient (Wildman–Crippen LogP) is 1.95. The number of methoxy groups -OCH3 is 1. The fraction of sp³-hybridized carbons (Fsp3) is 0.571. The highest BCUT2D eigenvalue weighted by molar-refractivity contribution is 5.29. The van der Waals surface area contributed by atoms with Crippen LogP contribution >= 0.6 is 0 Å². The first-order valence-electron chi connectivity index (χ1n) is 6.34. The number of nitrogens with one attached hydrogen (secondary N) is 1. The molecule has 0 aliphatic carbocycles. The average molecular weight is 254 g/mol. The van der Waals surface area contributed by atoms with Gasteiger partial charge in [-0.25, -0.2) is 4.39 Å². The summed E-state index contributed by atoms with van der Waals surface area (Å²) in [7, 11) is 1.47. The molecule has 0 spiro atoms. The molecule has 0 radical (unpaired) electrons. The van der Waals surface area contributed by atoms with Crippen LogP contribution in [0.4, 0.5) is 4.39 Å². The number of hydrogen-bond donors (Lipinski definition) is 2. The Morgan fingerprint density at radius 2 is 2.11 bits per heavy atom. The van der Waals surface area contributed by atoms with Crippen LogP contribution in [0.5, 0.6) is 5.75 Å². The fourth-order valence-electron chi connectivity index (χ4n) is 1.86. The molecular formula is C14H23FN2O. The second kappa shape index (κ2) is 7.34. The van der Waals surface area contributed by atoms with Crippen LogP contribution in [0.2, 0.25) is 0 Å². The molecule has 0 heterocycles. The van der Waals surface area contributed by atoms with E-state index >= 15 is 0 Å². The molecule has 4 heteroatoms. The van der Waals surface area contributed by atoms with E-state index in [2.05, 4.69) is 19.2 Å². The molecule has 1 rings (SSSR count). The molecule has 0 aromatic heterocycles. The fourth-order valence-corrected chi connectivity index (χ4v) is 1.86. The summed E-state index contributed by atoms with van der Waals surface area (Å²) in [6.07, 6.45) is 0.782. The van der Waals surface area contributed by atoms with Gasteiger partial charge in [-0.05, 0) is 36.6 Å². The monoisotopic (exact) mass is 254 g/mol. The quantitative estimate of drug-likeness (QED) is 0.782. The number of ether oxygens (including phenoxy) is 1. The Labute approximate surface area is 109 Å². The molecule has 0 aliphatic rings. The maximum absolute atomic E-state index is 13.5. The minimum absolute atomic E-state index is 0.286. The topological polar surface area (TPSA) is 47.3 Å². The van der Waals surface area contributed by atoms with Crippen molar-refractivity contribution in [2.24, 2.45) is 11.7 Å². The molecule has 3 nitrogen and oxygen atoms in total. The van der Waals surface area contributed by atoms with Crippen molar-refractivity contribution < 1.29 is 9.13 Å². The molecule has 1 unspecified atom stereocenters. The highest BCUT2D eigenvalue weighted by Gasteiger charge is 2.10. The van der Waals surface area contributed by atoms with E-state index in [1.54, 1.807) is 6.07 Å². The molecule has 0 fully saturated rings. The van der Waals surface area contributed by atoms with Gasteiger partial charge in [0.2, 0.25) is 0 Å². The predicted molar refractivity (Wildman–Crippen MR) is 72.3 cm³/mol. The van der Waals surface area contributed by atoms with Crippen LogP contribution in [0, 0.1) is 11.7 Å². The lowest BCUT2D eigenvalue weighted by Crippen LogP contribution is -2.41. The Bertz CT molecular complexity index is 369. The van der Waals surface area contributed by atoms with Crippen LogP contribution in [0.3, 0.4) is 0 Å². The van der Waals surface area contributed by atoms with Crippen LogP contribution in [-0.4, -0.2) is 26.2 Å². The number of halogens is 1. The van der Waals surface area contributed by atoms with E-state index in [0.717, 1.165) is 18.5 Å². The Hall–Kier alpha value is -1.13. The van der Waals surface area contributed by atoms with Crippen LogP contribution < -0.4 is 15.8 Å². The van der Waals surface area contributed by atoms with Crippen molar-refractivity contribution in [3.05, 3.63) is 29.6 Å². The van der Waals surface area contributed by atoms with Crippen molar-refractivity contribution in [2.45, 2.75) is 26.3 Å². The van der Waals surface area contributed by atoms with Gasteiger partial charge >= 0.3 is 0 Å². The van der Waals surface area contributed by atoms with Crippen molar-refractivity contribution in [2.75, 3.05) is 20.2 Å². The van der Waals surface area contributed by atoms with E-state index in [9.17, 15) is 4.39 Å². The highest BCUT2D eigenvalue weighted by atomic mass is 19.1. The SMILES string of the molecule is COc1ccc(CCNC(CN)C(C)C)cc1F. The zero-order valence-electron chi connectivity index (χ0n) is 11.4. The Morgan fingerprint density at radius 1 is 1.39 bits per heavy atom. The van der Waals surface area contributed by atoms with Crippen molar-refractivity contribution in [1.29, 1.82) is 0 Å². The van der Waals surface area contributed by atoms with Crippen LogP contribution in [0.15, 0.2) is 18.2 Å². The van der Waals surface area contributed by atoms with Crippen molar-refractivity contribution in [3.63, 3.8) is 0 Å². The summed E-state index contributed by atoms with van der Waals surface area (Å²) < 4.78 is 18.3. The van der Waals surface area contributed by atoms with Gasteiger partial charge in [0.1, 0.15) is 0 Å². The van der Waals surface area contributed by atoms with E-state index < -0.39 is 0 Å². The zero-order chi connectivity index (χ0) is 13.5. The van der Waals surface area contributed by atoms with Gasteiger partial charge in [0.15, 0.2) is 11.6 Å². The molecule has 0 saturated heterocycles. The summed E-state index contributed by atoms with van der Waals surface area (Å²) in [6.45, 7) is 5.69. The number of benzene rings is 1. The minimum Gasteiger partial charge on any atom is -0.494 e. The van der Waals surface area contributed by atoms with E-state index in [4.69, 9.17) is 10.5 Å². The Morgan fingerprint density at radius 3 is 2.61 bits per heavy atom. The molecular weight excluding hydrogens is 231 g/mol. The molecule has 0 amide bonds. The third kappa shape index (κ3) is 4.27. The molecule has 0 aliphatic heterocycles. The van der Waals surface area contributed by atoms with E-state index in [0.29, 0.717) is 18.5 Å². The molecule has 1 aromatic carbocycles. The lowest BCUT2D eigenvalue weighted by Gasteiger charge is -2.20. The van der Waals surface area contributed by atoms with Gasteiger partial charge in [-0.1, -0.05) is 19.9 Å². The molecule has 1 atom stereocenters. The lowest BCUT2D eigenvalue weighted by atomic mass is 10.0. The van der Waals surface area contributed by atoms with Gasteiger partial charge in [-0.2, -0.15) is 0 Å². The van der Waals surface area contributed by atoms with Gasteiger partial charge in [-0.3, -0.25) is 0 Å². The van der Waals surface area contributed by atoms with Gasteiger partial charge in [0.25, 0.3) is 0 Å². The molecule has 18 heavy (non-hydrogen) atoms. The largest absolute Gasteiger partial charge is 0.494 e. The maximum atomic E-state index is 13.5. The standard InChI is InChI=1S/C14H23FN2O/c1-10(2)13(9-16)17-7-6-11-4-5-14(18-3)12(15)8-11/h4-5,8,10,13,17H,6-7,9,16H2,1-3H3. The summed E-state index contributed by atoms with van der Waals surface area (Å²) in [5, 5.41) is 3.39. The molecule has 0 bridgehead atoms. The smallest absolute Gasteiger partial charge is 0.165 e. The summed E-state index contributed by atoms with van der Waals surface area (Å²) in [5.74, 6) is 0.477. The summed E-state index contributed by atoms with van der Waals surface area (Å²) in [5.41, 5.74) is 6.63. The minimum atomic E-state index is -0.311. The highest BCUT2D eigenvalue weighted by Crippen LogP contribution is 2.17. The van der Waals surface area contributed by atoms with E-state index in [1.165, 1.54) is 13.2 Å². The van der Waals surface area contributed by atoms with Crippen LogP contribution in [0.25, 0.3) is 0 Å². The molecule has 102 valence electrons.